The van der Waals surface area contributed by atoms with Gasteiger partial charge in [-0.25, -0.2) is 13.2 Å². The van der Waals surface area contributed by atoms with Gasteiger partial charge in [0.05, 0.1) is 17.6 Å². The summed E-state index contributed by atoms with van der Waals surface area (Å²) in [5, 5.41) is 2.73. The number of methoxy groups -OCH3 is 1. The van der Waals surface area contributed by atoms with Crippen LogP contribution in [-0.4, -0.2) is 27.4 Å². The summed E-state index contributed by atoms with van der Waals surface area (Å²) < 4.78 is 33.0. The van der Waals surface area contributed by atoms with Crippen molar-refractivity contribution in [3.63, 3.8) is 0 Å². The second kappa shape index (κ2) is 9.01. The number of carbonyl (C=O) groups excluding carboxylic acids is 2. The van der Waals surface area contributed by atoms with Crippen molar-refractivity contribution in [1.29, 1.82) is 0 Å². The molecule has 0 spiro atoms. The van der Waals surface area contributed by atoms with Crippen LogP contribution in [0.5, 0.6) is 0 Å². The average Bonchev–Trinajstić information content (AvgIpc) is 2.75. The molecule has 31 heavy (non-hydrogen) atoms. The van der Waals surface area contributed by atoms with Gasteiger partial charge in [0, 0.05) is 16.9 Å². The number of aryl methyl sites for hydroxylation is 2. The molecule has 3 rings (SSSR count). The van der Waals surface area contributed by atoms with E-state index in [9.17, 15) is 18.0 Å². The molecular weight excluding hydrogens is 416 g/mol. The van der Waals surface area contributed by atoms with Crippen LogP contribution >= 0.6 is 0 Å². The van der Waals surface area contributed by atoms with E-state index in [0.29, 0.717) is 22.5 Å². The van der Waals surface area contributed by atoms with Gasteiger partial charge in [0.2, 0.25) is 0 Å². The van der Waals surface area contributed by atoms with Crippen molar-refractivity contribution in [1.82, 2.24) is 0 Å². The van der Waals surface area contributed by atoms with Crippen molar-refractivity contribution in [3.05, 3.63) is 89.0 Å². The fraction of sp³-hybridized carbons (Fsp3) is 0.130. The number of para-hydroxylation sites is 1. The van der Waals surface area contributed by atoms with Crippen LogP contribution in [0.4, 0.5) is 11.4 Å². The van der Waals surface area contributed by atoms with E-state index in [-0.39, 0.29) is 10.5 Å². The van der Waals surface area contributed by atoms with Crippen molar-refractivity contribution in [3.8, 4) is 0 Å². The predicted molar refractivity (Wildman–Crippen MR) is 119 cm³/mol. The number of hydrogen-bond acceptors (Lipinski definition) is 5. The summed E-state index contributed by atoms with van der Waals surface area (Å²) in [6.07, 6.45) is 0. The van der Waals surface area contributed by atoms with Crippen LogP contribution in [0.2, 0.25) is 0 Å². The molecule has 0 radical (unpaired) electrons. The Morgan fingerprint density at radius 3 is 2.16 bits per heavy atom. The van der Waals surface area contributed by atoms with E-state index < -0.39 is 21.9 Å². The molecule has 8 heteroatoms. The van der Waals surface area contributed by atoms with Crippen LogP contribution in [0.1, 0.15) is 31.8 Å². The number of amides is 1. The predicted octanol–water partition coefficient (Wildman–Crippen LogP) is 4.14. The monoisotopic (exact) mass is 438 g/mol. The SMILES string of the molecule is COC(=O)c1ccc(C)c(NC(=O)c2ccc(C)c(S(=O)(=O)Nc3ccccc3)c2)c1. The second-order valence-electron chi connectivity index (χ2n) is 6.93. The fourth-order valence-corrected chi connectivity index (χ4v) is 4.27. The third-order valence-corrected chi connectivity index (χ3v) is 6.20. The summed E-state index contributed by atoms with van der Waals surface area (Å²) in [6.45, 7) is 3.44. The normalized spacial score (nSPS) is 10.9. The van der Waals surface area contributed by atoms with Crippen LogP contribution in [0.25, 0.3) is 0 Å². The van der Waals surface area contributed by atoms with Crippen LogP contribution < -0.4 is 10.0 Å². The maximum absolute atomic E-state index is 12.9. The van der Waals surface area contributed by atoms with Gasteiger partial charge in [-0.05, 0) is 61.4 Å². The summed E-state index contributed by atoms with van der Waals surface area (Å²) in [4.78, 5) is 24.6. The second-order valence-corrected chi connectivity index (χ2v) is 8.58. The number of rotatable bonds is 6. The van der Waals surface area contributed by atoms with Crippen LogP contribution in [0.3, 0.4) is 0 Å². The first-order valence-corrected chi connectivity index (χ1v) is 10.9. The molecular formula is C23H22N2O5S. The van der Waals surface area contributed by atoms with Gasteiger partial charge in [-0.3, -0.25) is 9.52 Å². The summed E-state index contributed by atoms with van der Waals surface area (Å²) in [5.74, 6) is -1.02. The van der Waals surface area contributed by atoms with Gasteiger partial charge in [-0.15, -0.1) is 0 Å². The zero-order valence-electron chi connectivity index (χ0n) is 17.3. The molecule has 1 amide bonds. The van der Waals surface area contributed by atoms with Gasteiger partial charge in [0.15, 0.2) is 0 Å². The Bertz CT molecular complexity index is 1240. The minimum atomic E-state index is -3.89. The first-order chi connectivity index (χ1) is 14.7. The minimum absolute atomic E-state index is 0.00374. The van der Waals surface area contributed by atoms with Crippen molar-refractivity contribution in [2.75, 3.05) is 17.1 Å². The molecule has 3 aromatic carbocycles. The molecule has 0 aliphatic rings. The Hall–Kier alpha value is -3.65. The topological polar surface area (TPSA) is 102 Å². The number of nitrogens with one attached hydrogen (secondary N) is 2. The molecule has 7 nitrogen and oxygen atoms in total. The molecule has 3 aromatic rings. The molecule has 0 aromatic heterocycles. The quantitative estimate of drug-likeness (QED) is 0.563. The summed E-state index contributed by atoms with van der Waals surface area (Å²) in [7, 11) is -2.62. The highest BCUT2D eigenvalue weighted by molar-refractivity contribution is 7.92. The highest BCUT2D eigenvalue weighted by Gasteiger charge is 2.20. The highest BCUT2D eigenvalue weighted by Crippen LogP contribution is 2.23. The van der Waals surface area contributed by atoms with Gasteiger partial charge in [-0.2, -0.15) is 0 Å². The lowest BCUT2D eigenvalue weighted by atomic mass is 10.1. The first kappa shape index (κ1) is 22.0. The fourth-order valence-electron chi connectivity index (χ4n) is 2.94. The van der Waals surface area contributed by atoms with Gasteiger partial charge < -0.3 is 10.1 Å². The standard InChI is InChI=1S/C23H22N2O5S/c1-15-9-12-18(23(27)30-3)13-20(15)24-22(26)17-11-10-16(2)21(14-17)31(28,29)25-19-7-5-4-6-8-19/h4-14,25H,1-3H3,(H,24,26). The summed E-state index contributed by atoms with van der Waals surface area (Å²) in [5.41, 5.74) is 2.56. The molecule has 0 saturated heterocycles. The number of carbonyl (C=O) groups is 2. The largest absolute Gasteiger partial charge is 0.465 e. The Morgan fingerprint density at radius 2 is 1.48 bits per heavy atom. The maximum atomic E-state index is 12.9. The van der Waals surface area contributed by atoms with Crippen molar-refractivity contribution < 1.29 is 22.7 Å². The van der Waals surface area contributed by atoms with E-state index in [2.05, 4.69) is 10.0 Å². The third kappa shape index (κ3) is 5.10. The molecule has 160 valence electrons. The zero-order valence-corrected chi connectivity index (χ0v) is 18.1. The van der Waals surface area contributed by atoms with Crippen LogP contribution in [0, 0.1) is 13.8 Å². The molecule has 0 heterocycles. The summed E-state index contributed by atoms with van der Waals surface area (Å²) in [6, 6.07) is 17.8. The maximum Gasteiger partial charge on any atom is 0.337 e. The van der Waals surface area contributed by atoms with Gasteiger partial charge in [0.25, 0.3) is 15.9 Å². The zero-order chi connectivity index (χ0) is 22.6. The van der Waals surface area contributed by atoms with Gasteiger partial charge in [0.1, 0.15) is 0 Å². The third-order valence-electron chi connectivity index (χ3n) is 4.67. The Kier molecular flexibility index (Phi) is 6.41. The lowest BCUT2D eigenvalue weighted by Crippen LogP contribution is -2.17. The van der Waals surface area contributed by atoms with Gasteiger partial charge >= 0.3 is 5.97 Å². The number of sulfonamides is 1. The number of benzene rings is 3. The van der Waals surface area contributed by atoms with E-state index in [0.717, 1.165) is 5.56 Å². The number of esters is 1. The van der Waals surface area contributed by atoms with Crippen molar-refractivity contribution in [2.24, 2.45) is 0 Å². The smallest absolute Gasteiger partial charge is 0.337 e. The van der Waals surface area contributed by atoms with Crippen LogP contribution in [0.15, 0.2) is 71.6 Å². The van der Waals surface area contributed by atoms with Crippen LogP contribution in [-0.2, 0) is 14.8 Å². The van der Waals surface area contributed by atoms with Gasteiger partial charge in [-0.1, -0.05) is 30.3 Å². The molecule has 0 aliphatic carbocycles. The first-order valence-electron chi connectivity index (χ1n) is 9.40. The lowest BCUT2D eigenvalue weighted by Gasteiger charge is -2.13. The lowest BCUT2D eigenvalue weighted by molar-refractivity contribution is 0.0600. The molecule has 0 unspecified atom stereocenters. The van der Waals surface area contributed by atoms with E-state index in [4.69, 9.17) is 4.74 Å². The van der Waals surface area contributed by atoms with Crippen molar-refractivity contribution >= 4 is 33.3 Å². The average molecular weight is 439 g/mol. The number of ether oxygens (including phenoxy) is 1. The van der Waals surface area contributed by atoms with Crippen molar-refractivity contribution in [2.45, 2.75) is 18.7 Å². The van der Waals surface area contributed by atoms with E-state index >= 15 is 0 Å². The molecule has 0 aliphatic heterocycles. The summed E-state index contributed by atoms with van der Waals surface area (Å²) >= 11 is 0. The molecule has 0 saturated carbocycles. The number of hydrogen-bond donors (Lipinski definition) is 2. The minimum Gasteiger partial charge on any atom is -0.465 e. The molecule has 0 atom stereocenters. The molecule has 0 bridgehead atoms. The van der Waals surface area contributed by atoms with E-state index in [1.807, 2.05) is 0 Å². The van der Waals surface area contributed by atoms with E-state index in [1.165, 1.54) is 19.2 Å². The Labute approximate surface area is 181 Å². The highest BCUT2D eigenvalue weighted by atomic mass is 32.2. The molecule has 2 N–H and O–H groups in total. The van der Waals surface area contributed by atoms with E-state index in [1.54, 1.807) is 68.4 Å². The molecule has 0 fully saturated rings. The Balaban J connectivity index is 1.89. The Morgan fingerprint density at radius 1 is 0.839 bits per heavy atom. The number of anilines is 2.